The van der Waals surface area contributed by atoms with Crippen LogP contribution in [0.25, 0.3) is 0 Å². The molecule has 0 amide bonds. The zero-order valence-corrected chi connectivity index (χ0v) is 9.35. The number of aliphatic carboxylic acids is 5. The van der Waals surface area contributed by atoms with Crippen LogP contribution < -0.4 is 0 Å². The molecule has 1 aliphatic rings. The fourth-order valence-corrected chi connectivity index (χ4v) is 1.99. The molecule has 0 aliphatic heterocycles. The number of hydrogen-bond acceptors (Lipinski definition) is 5. The van der Waals surface area contributed by atoms with Crippen molar-refractivity contribution in [1.82, 2.24) is 0 Å². The molecule has 10 heteroatoms. The molecule has 0 saturated heterocycles. The van der Waals surface area contributed by atoms with Crippen molar-refractivity contribution < 1.29 is 49.5 Å². The molecule has 1 aliphatic carbocycles. The summed E-state index contributed by atoms with van der Waals surface area (Å²) in [5.74, 6) is -11.6. The quantitative estimate of drug-likeness (QED) is 0.293. The molecule has 0 saturated carbocycles. The molecule has 0 fully saturated rings. The summed E-state index contributed by atoms with van der Waals surface area (Å²) in [4.78, 5) is 55.8. The summed E-state index contributed by atoms with van der Waals surface area (Å²) in [5, 5.41) is 44.8. The highest BCUT2D eigenvalue weighted by Gasteiger charge is 2.76. The van der Waals surface area contributed by atoms with Crippen LogP contribution in [0, 0.1) is 10.8 Å². The van der Waals surface area contributed by atoms with Crippen molar-refractivity contribution in [2.24, 2.45) is 10.8 Å². The van der Waals surface area contributed by atoms with Gasteiger partial charge in [0, 0.05) is 0 Å². The lowest BCUT2D eigenvalue weighted by Gasteiger charge is -2.32. The standard InChI is InChI=1S/C10H6O10/c11-4(12)3-1-2-9(5(13)14,6(15)16)10(3,7(17)18)8(19)20/h2H,(H,11,12)(H,13,14)(H,15,16)(H,17,18)(H,19,20). The van der Waals surface area contributed by atoms with Crippen LogP contribution in [0.4, 0.5) is 0 Å². The molecular formula is C10H6O10. The first-order valence-electron chi connectivity index (χ1n) is 4.72. The van der Waals surface area contributed by atoms with Crippen molar-refractivity contribution in [2.45, 2.75) is 0 Å². The van der Waals surface area contributed by atoms with E-state index in [1.54, 1.807) is 5.73 Å². The van der Waals surface area contributed by atoms with Gasteiger partial charge in [0.05, 0.1) is 0 Å². The van der Waals surface area contributed by atoms with Gasteiger partial charge in [-0.15, -0.1) is 5.73 Å². The van der Waals surface area contributed by atoms with E-state index in [-0.39, 0.29) is 6.08 Å². The zero-order chi connectivity index (χ0) is 15.9. The predicted molar refractivity (Wildman–Crippen MR) is 54.6 cm³/mol. The second kappa shape index (κ2) is 4.21. The molecule has 0 radical (unpaired) electrons. The molecule has 0 unspecified atom stereocenters. The van der Waals surface area contributed by atoms with E-state index in [2.05, 4.69) is 0 Å². The number of hydrogen-bond donors (Lipinski definition) is 5. The number of carbonyl (C=O) groups is 5. The summed E-state index contributed by atoms with van der Waals surface area (Å²) < 4.78 is 0. The maximum absolute atomic E-state index is 11.3. The molecule has 1 rings (SSSR count). The van der Waals surface area contributed by atoms with E-state index >= 15 is 0 Å². The van der Waals surface area contributed by atoms with E-state index < -0.39 is 46.2 Å². The van der Waals surface area contributed by atoms with Crippen LogP contribution in [0.2, 0.25) is 0 Å². The van der Waals surface area contributed by atoms with Gasteiger partial charge in [0.1, 0.15) is 5.57 Å². The summed E-state index contributed by atoms with van der Waals surface area (Å²) in [7, 11) is 0. The van der Waals surface area contributed by atoms with Crippen LogP contribution in [0.15, 0.2) is 17.4 Å². The summed E-state index contributed by atoms with van der Waals surface area (Å²) in [6.45, 7) is 0. The van der Waals surface area contributed by atoms with Crippen LogP contribution in [0.5, 0.6) is 0 Å². The fourth-order valence-electron chi connectivity index (χ4n) is 1.99. The van der Waals surface area contributed by atoms with E-state index in [1.807, 2.05) is 0 Å². The summed E-state index contributed by atoms with van der Waals surface area (Å²) in [6, 6.07) is 0. The normalized spacial score (nSPS) is 18.1. The lowest BCUT2D eigenvalue weighted by Crippen LogP contribution is -2.60. The lowest BCUT2D eigenvalue weighted by atomic mass is 9.62. The van der Waals surface area contributed by atoms with Crippen molar-refractivity contribution in [3.05, 3.63) is 17.4 Å². The first-order chi connectivity index (χ1) is 9.06. The summed E-state index contributed by atoms with van der Waals surface area (Å²) in [5.41, 5.74) is -7.09. The highest BCUT2D eigenvalue weighted by Crippen LogP contribution is 2.51. The molecule has 0 atom stereocenters. The molecule has 0 aromatic rings. The Morgan fingerprint density at radius 3 is 1.45 bits per heavy atom. The first kappa shape index (κ1) is 14.9. The third-order valence-electron chi connectivity index (χ3n) is 2.93. The Morgan fingerprint density at radius 2 is 1.20 bits per heavy atom. The largest absolute Gasteiger partial charge is 0.480 e. The number of rotatable bonds is 5. The molecule has 5 N–H and O–H groups in total. The van der Waals surface area contributed by atoms with Gasteiger partial charge in [-0.3, -0.25) is 19.2 Å². The third kappa shape index (κ3) is 1.36. The second-order valence-corrected chi connectivity index (χ2v) is 3.75. The van der Waals surface area contributed by atoms with Crippen LogP contribution in [-0.2, 0) is 24.0 Å². The summed E-state index contributed by atoms with van der Waals surface area (Å²) >= 11 is 0. The van der Waals surface area contributed by atoms with Crippen LogP contribution in [0.1, 0.15) is 0 Å². The van der Waals surface area contributed by atoms with Gasteiger partial charge in [0.25, 0.3) is 0 Å². The van der Waals surface area contributed by atoms with Crippen molar-refractivity contribution in [3.8, 4) is 0 Å². The molecule has 0 bridgehead atoms. The van der Waals surface area contributed by atoms with Gasteiger partial charge in [0.2, 0.25) is 10.8 Å². The Labute approximate surface area is 108 Å². The molecule has 10 nitrogen and oxygen atoms in total. The van der Waals surface area contributed by atoms with Gasteiger partial charge < -0.3 is 25.5 Å². The maximum Gasteiger partial charge on any atom is 0.341 e. The van der Waals surface area contributed by atoms with E-state index in [0.717, 1.165) is 0 Å². The Kier molecular flexibility index (Phi) is 3.14. The minimum atomic E-state index is -3.73. The van der Waals surface area contributed by atoms with Crippen molar-refractivity contribution in [1.29, 1.82) is 0 Å². The smallest absolute Gasteiger partial charge is 0.341 e. The molecule has 0 aromatic heterocycles. The SMILES string of the molecule is O=C(O)C1=C=CC(C(=O)O)(C(=O)O)C1(C(=O)O)C(=O)O. The second-order valence-electron chi connectivity index (χ2n) is 3.75. The predicted octanol–water partition coefficient (Wildman–Crippen LogP) is -1.52. The van der Waals surface area contributed by atoms with E-state index in [4.69, 9.17) is 25.5 Å². The fraction of sp³-hybridized carbons (Fsp3) is 0.200. The van der Waals surface area contributed by atoms with Gasteiger partial charge in [-0.1, -0.05) is 0 Å². The zero-order valence-electron chi connectivity index (χ0n) is 9.35. The first-order valence-corrected chi connectivity index (χ1v) is 4.72. The lowest BCUT2D eigenvalue weighted by molar-refractivity contribution is -0.186. The van der Waals surface area contributed by atoms with E-state index in [0.29, 0.717) is 0 Å². The van der Waals surface area contributed by atoms with E-state index in [1.165, 1.54) is 0 Å². The van der Waals surface area contributed by atoms with Crippen molar-refractivity contribution >= 4 is 29.8 Å². The summed E-state index contributed by atoms with van der Waals surface area (Å²) in [6.07, 6.45) is 0.114. The molecule has 0 spiro atoms. The highest BCUT2D eigenvalue weighted by molar-refractivity contribution is 6.21. The van der Waals surface area contributed by atoms with Crippen molar-refractivity contribution in [3.63, 3.8) is 0 Å². The van der Waals surface area contributed by atoms with Gasteiger partial charge in [-0.2, -0.15) is 0 Å². The van der Waals surface area contributed by atoms with Gasteiger partial charge in [0.15, 0.2) is 0 Å². The van der Waals surface area contributed by atoms with Gasteiger partial charge >= 0.3 is 29.8 Å². The van der Waals surface area contributed by atoms with Crippen LogP contribution in [-0.4, -0.2) is 55.4 Å². The topological polar surface area (TPSA) is 186 Å². The van der Waals surface area contributed by atoms with E-state index in [9.17, 15) is 24.0 Å². The minimum absolute atomic E-state index is 0.114. The Hall–Kier alpha value is -3.13. The minimum Gasteiger partial charge on any atom is -0.480 e. The Bertz CT molecular complexity index is 590. The molecule has 20 heavy (non-hydrogen) atoms. The highest BCUT2D eigenvalue weighted by atomic mass is 16.4. The average molecular weight is 286 g/mol. The number of carboxylic acid groups (broad SMARTS) is 5. The number of carboxylic acids is 5. The molecule has 0 aromatic carbocycles. The van der Waals surface area contributed by atoms with Gasteiger partial charge in [-0.05, 0) is 6.08 Å². The van der Waals surface area contributed by atoms with Crippen molar-refractivity contribution in [2.75, 3.05) is 0 Å². The Balaban J connectivity index is 3.92. The Morgan fingerprint density at radius 1 is 0.800 bits per heavy atom. The monoisotopic (exact) mass is 286 g/mol. The van der Waals surface area contributed by atoms with Crippen LogP contribution >= 0.6 is 0 Å². The molecule has 106 valence electrons. The third-order valence-corrected chi connectivity index (χ3v) is 2.93. The van der Waals surface area contributed by atoms with Crippen LogP contribution in [0.3, 0.4) is 0 Å². The average Bonchev–Trinajstić information content (AvgIpc) is 2.65. The molecular weight excluding hydrogens is 280 g/mol. The maximum atomic E-state index is 11.3. The van der Waals surface area contributed by atoms with Gasteiger partial charge in [-0.25, -0.2) is 4.79 Å². The molecule has 0 heterocycles.